The lowest BCUT2D eigenvalue weighted by atomic mass is 9.92. The average molecular weight is 216 g/mol. The summed E-state index contributed by atoms with van der Waals surface area (Å²) < 4.78 is 0. The Hall–Kier alpha value is -1.10. The summed E-state index contributed by atoms with van der Waals surface area (Å²) >= 11 is 0. The van der Waals surface area contributed by atoms with Gasteiger partial charge in [-0.2, -0.15) is 0 Å². The summed E-state index contributed by atoms with van der Waals surface area (Å²) in [4.78, 5) is 22.8. The highest BCUT2D eigenvalue weighted by Crippen LogP contribution is 2.18. The van der Waals surface area contributed by atoms with Crippen LogP contribution in [0.1, 0.15) is 27.2 Å². The van der Waals surface area contributed by atoms with Gasteiger partial charge in [0.15, 0.2) is 0 Å². The number of carbonyl (C=O) groups excluding carboxylic acids is 1. The van der Waals surface area contributed by atoms with Crippen LogP contribution in [-0.2, 0) is 9.59 Å². The fourth-order valence-corrected chi connectivity index (χ4v) is 1.12. The van der Waals surface area contributed by atoms with Crippen LogP contribution in [0.15, 0.2) is 0 Å². The van der Waals surface area contributed by atoms with Gasteiger partial charge in [0.1, 0.15) is 0 Å². The van der Waals surface area contributed by atoms with Gasteiger partial charge in [0, 0.05) is 0 Å². The Morgan fingerprint density at radius 1 is 1.27 bits per heavy atom. The molecule has 0 aromatic carbocycles. The second-order valence-electron chi connectivity index (χ2n) is 4.88. The molecule has 5 heteroatoms. The molecule has 0 bridgehead atoms. The number of carbonyl (C=O) groups is 2. The molecule has 0 radical (unpaired) electrons. The largest absolute Gasteiger partial charge is 0.480 e. The lowest BCUT2D eigenvalue weighted by Gasteiger charge is -2.24. The van der Waals surface area contributed by atoms with Gasteiger partial charge < -0.3 is 10.8 Å². The molecule has 0 aliphatic rings. The lowest BCUT2D eigenvalue weighted by Crippen LogP contribution is -2.38. The quantitative estimate of drug-likeness (QED) is 0.668. The van der Waals surface area contributed by atoms with Crippen molar-refractivity contribution >= 4 is 11.9 Å². The predicted octanol–water partition coefficient (Wildman–Crippen LogP) is 0.295. The normalized spacial score (nSPS) is 11.7. The number of primary amides is 1. The molecule has 0 heterocycles. The van der Waals surface area contributed by atoms with E-state index in [-0.39, 0.29) is 18.5 Å². The second kappa shape index (κ2) is 5.70. The third kappa shape index (κ3) is 9.21. The van der Waals surface area contributed by atoms with Gasteiger partial charge in [-0.1, -0.05) is 20.8 Å². The van der Waals surface area contributed by atoms with Gasteiger partial charge in [-0.3, -0.25) is 14.5 Å². The highest BCUT2D eigenvalue weighted by molar-refractivity contribution is 5.77. The Balaban J connectivity index is 4.12. The van der Waals surface area contributed by atoms with E-state index >= 15 is 0 Å². The van der Waals surface area contributed by atoms with Gasteiger partial charge in [-0.25, -0.2) is 0 Å². The minimum absolute atomic E-state index is 0.00236. The van der Waals surface area contributed by atoms with Crippen LogP contribution in [0.2, 0.25) is 0 Å². The van der Waals surface area contributed by atoms with Gasteiger partial charge in [-0.15, -0.1) is 0 Å². The number of hydrogen-bond acceptors (Lipinski definition) is 3. The van der Waals surface area contributed by atoms with Crippen LogP contribution in [0.25, 0.3) is 0 Å². The monoisotopic (exact) mass is 216 g/mol. The molecular weight excluding hydrogens is 196 g/mol. The fraction of sp³-hybridized carbons (Fsp3) is 0.800. The topological polar surface area (TPSA) is 83.6 Å². The molecule has 0 aromatic rings. The van der Waals surface area contributed by atoms with Crippen LogP contribution in [0.4, 0.5) is 0 Å². The Bertz CT molecular complexity index is 217. The standard InChI is InChI=1S/C10H20N2O3/c1-10(2,3)4-5-12(6-8(11)13)7-9(14)15/h4-7H2,1-3H3,(H2,11,13)(H,14,15). The number of nitrogens with two attached hydrogens (primary N) is 1. The first-order valence-corrected chi connectivity index (χ1v) is 4.93. The Morgan fingerprint density at radius 3 is 2.13 bits per heavy atom. The SMILES string of the molecule is CC(C)(C)CCN(CC(N)=O)CC(=O)O. The summed E-state index contributed by atoms with van der Waals surface area (Å²) in [6.45, 7) is 6.63. The molecule has 0 atom stereocenters. The first-order chi connectivity index (χ1) is 6.70. The number of rotatable bonds is 6. The fourth-order valence-electron chi connectivity index (χ4n) is 1.12. The molecule has 1 amide bonds. The van der Waals surface area contributed by atoms with Crippen LogP contribution in [0, 0.1) is 5.41 Å². The molecule has 15 heavy (non-hydrogen) atoms. The first kappa shape index (κ1) is 13.9. The van der Waals surface area contributed by atoms with Gasteiger partial charge >= 0.3 is 5.97 Å². The van der Waals surface area contributed by atoms with Gasteiger partial charge in [0.2, 0.25) is 5.91 Å². The van der Waals surface area contributed by atoms with Gasteiger partial charge in [-0.05, 0) is 18.4 Å². The maximum absolute atomic E-state index is 10.7. The zero-order valence-corrected chi connectivity index (χ0v) is 9.62. The molecular formula is C10H20N2O3. The van der Waals surface area contributed by atoms with Gasteiger partial charge in [0.05, 0.1) is 13.1 Å². The third-order valence-electron chi connectivity index (χ3n) is 1.92. The molecule has 88 valence electrons. The summed E-state index contributed by atoms with van der Waals surface area (Å²) in [6.07, 6.45) is 0.827. The smallest absolute Gasteiger partial charge is 0.317 e. The highest BCUT2D eigenvalue weighted by Gasteiger charge is 2.16. The van der Waals surface area contributed by atoms with E-state index < -0.39 is 11.9 Å². The molecule has 0 aliphatic carbocycles. The zero-order valence-electron chi connectivity index (χ0n) is 9.62. The number of carboxylic acid groups (broad SMARTS) is 1. The van der Waals surface area contributed by atoms with Crippen LogP contribution in [0.5, 0.6) is 0 Å². The summed E-state index contributed by atoms with van der Waals surface area (Å²) in [6, 6.07) is 0. The maximum Gasteiger partial charge on any atom is 0.317 e. The molecule has 0 spiro atoms. The number of amides is 1. The lowest BCUT2D eigenvalue weighted by molar-refractivity contribution is -0.138. The average Bonchev–Trinajstić information content (AvgIpc) is 1.96. The number of aliphatic carboxylic acids is 1. The van der Waals surface area contributed by atoms with Crippen molar-refractivity contribution < 1.29 is 14.7 Å². The zero-order chi connectivity index (χ0) is 12.1. The van der Waals surface area contributed by atoms with E-state index in [0.717, 1.165) is 6.42 Å². The maximum atomic E-state index is 10.7. The van der Waals surface area contributed by atoms with Crippen LogP contribution in [-0.4, -0.2) is 41.5 Å². The van der Waals surface area contributed by atoms with Crippen LogP contribution < -0.4 is 5.73 Å². The third-order valence-corrected chi connectivity index (χ3v) is 1.92. The van der Waals surface area contributed by atoms with Crippen molar-refractivity contribution in [3.05, 3.63) is 0 Å². The van der Waals surface area contributed by atoms with Crippen molar-refractivity contribution in [3.8, 4) is 0 Å². The molecule has 0 unspecified atom stereocenters. The molecule has 0 rings (SSSR count). The van der Waals surface area contributed by atoms with E-state index in [1.807, 2.05) is 0 Å². The van der Waals surface area contributed by atoms with Crippen LogP contribution in [0.3, 0.4) is 0 Å². The summed E-state index contributed by atoms with van der Waals surface area (Å²) in [5, 5.41) is 8.63. The Kier molecular flexibility index (Phi) is 5.28. The summed E-state index contributed by atoms with van der Waals surface area (Å²) in [5.74, 6) is -1.43. The van der Waals surface area contributed by atoms with E-state index in [1.165, 1.54) is 0 Å². The number of carboxylic acids is 1. The molecule has 0 saturated heterocycles. The van der Waals surface area contributed by atoms with E-state index in [0.29, 0.717) is 6.54 Å². The molecule has 0 fully saturated rings. The molecule has 5 nitrogen and oxygen atoms in total. The molecule has 0 aromatic heterocycles. The second-order valence-corrected chi connectivity index (χ2v) is 4.88. The number of nitrogens with zero attached hydrogens (tertiary/aromatic N) is 1. The van der Waals surface area contributed by atoms with E-state index in [2.05, 4.69) is 20.8 Å². The Labute approximate surface area is 90.2 Å². The van der Waals surface area contributed by atoms with Crippen molar-refractivity contribution in [3.63, 3.8) is 0 Å². The van der Waals surface area contributed by atoms with Gasteiger partial charge in [0.25, 0.3) is 0 Å². The highest BCUT2D eigenvalue weighted by atomic mass is 16.4. The summed E-state index contributed by atoms with van der Waals surface area (Å²) in [7, 11) is 0. The van der Waals surface area contributed by atoms with Crippen molar-refractivity contribution in [2.45, 2.75) is 27.2 Å². The summed E-state index contributed by atoms with van der Waals surface area (Å²) in [5.41, 5.74) is 5.15. The Morgan fingerprint density at radius 2 is 1.80 bits per heavy atom. The van der Waals surface area contributed by atoms with Crippen molar-refractivity contribution in [1.29, 1.82) is 0 Å². The minimum Gasteiger partial charge on any atom is -0.480 e. The predicted molar refractivity (Wildman–Crippen MR) is 57.3 cm³/mol. The molecule has 0 aliphatic heterocycles. The van der Waals surface area contributed by atoms with Crippen LogP contribution >= 0.6 is 0 Å². The van der Waals surface area contributed by atoms with E-state index in [9.17, 15) is 9.59 Å². The van der Waals surface area contributed by atoms with Crippen molar-refractivity contribution in [2.75, 3.05) is 19.6 Å². The molecule has 0 saturated carbocycles. The van der Waals surface area contributed by atoms with Crippen molar-refractivity contribution in [2.24, 2.45) is 11.1 Å². The van der Waals surface area contributed by atoms with E-state index in [1.54, 1.807) is 4.90 Å². The number of hydrogen-bond donors (Lipinski definition) is 2. The van der Waals surface area contributed by atoms with Crippen molar-refractivity contribution in [1.82, 2.24) is 4.90 Å². The minimum atomic E-state index is -0.940. The van der Waals surface area contributed by atoms with E-state index in [4.69, 9.17) is 10.8 Å². The first-order valence-electron chi connectivity index (χ1n) is 4.93. The molecule has 3 N–H and O–H groups in total.